The van der Waals surface area contributed by atoms with E-state index in [0.29, 0.717) is 27.3 Å². The zero-order valence-electron chi connectivity index (χ0n) is 13.8. The SMILES string of the molecule is COc1ccc(N[C@@H]2CC(=O)N(c3ccccc3Br)C2=O)c(OC)c1. The Bertz CT molecular complexity index is 824. The van der Waals surface area contributed by atoms with E-state index < -0.39 is 6.04 Å². The molecule has 0 unspecified atom stereocenters. The number of anilines is 2. The molecule has 0 bridgehead atoms. The first-order valence-corrected chi connectivity index (χ1v) is 8.44. The van der Waals surface area contributed by atoms with Crippen LogP contribution < -0.4 is 19.7 Å². The maximum Gasteiger partial charge on any atom is 0.256 e. The average molecular weight is 405 g/mol. The number of nitrogens with zero attached hydrogens (tertiary/aromatic N) is 1. The zero-order chi connectivity index (χ0) is 18.0. The standard InChI is InChI=1S/C18H17BrN2O4/c1-24-11-7-8-13(16(9-11)25-2)20-14-10-17(22)21(18(14)23)15-6-4-3-5-12(15)19/h3-9,14,20H,10H2,1-2H3/t14-/m1/s1. The Morgan fingerprint density at radius 1 is 1.12 bits per heavy atom. The van der Waals surface area contributed by atoms with E-state index >= 15 is 0 Å². The molecule has 2 amide bonds. The molecule has 1 saturated heterocycles. The lowest BCUT2D eigenvalue weighted by molar-refractivity contribution is -0.121. The molecule has 1 aliphatic rings. The normalized spacial score (nSPS) is 16.9. The lowest BCUT2D eigenvalue weighted by Gasteiger charge is -2.18. The van der Waals surface area contributed by atoms with Gasteiger partial charge >= 0.3 is 0 Å². The third-order valence-electron chi connectivity index (χ3n) is 3.98. The third-order valence-corrected chi connectivity index (χ3v) is 4.65. The number of carbonyl (C=O) groups excluding carboxylic acids is 2. The number of para-hydroxylation sites is 1. The lowest BCUT2D eigenvalue weighted by Crippen LogP contribution is -2.35. The van der Waals surface area contributed by atoms with Crippen LogP contribution >= 0.6 is 15.9 Å². The van der Waals surface area contributed by atoms with Crippen LogP contribution in [0.4, 0.5) is 11.4 Å². The molecule has 25 heavy (non-hydrogen) atoms. The van der Waals surface area contributed by atoms with Crippen LogP contribution in [0.2, 0.25) is 0 Å². The molecule has 0 aliphatic carbocycles. The Labute approximate surface area is 153 Å². The number of nitrogens with one attached hydrogen (secondary N) is 1. The maximum atomic E-state index is 12.8. The topological polar surface area (TPSA) is 67.9 Å². The Kier molecular flexibility index (Phi) is 4.94. The molecule has 2 aromatic carbocycles. The van der Waals surface area contributed by atoms with Crippen molar-refractivity contribution < 1.29 is 19.1 Å². The molecular formula is C18H17BrN2O4. The van der Waals surface area contributed by atoms with Crippen LogP contribution in [0, 0.1) is 0 Å². The van der Waals surface area contributed by atoms with Gasteiger partial charge < -0.3 is 14.8 Å². The summed E-state index contributed by atoms with van der Waals surface area (Å²) in [6.07, 6.45) is 0.0787. The molecule has 0 saturated carbocycles. The molecule has 0 aromatic heterocycles. The lowest BCUT2D eigenvalue weighted by atomic mass is 10.2. The smallest absolute Gasteiger partial charge is 0.256 e. The summed E-state index contributed by atoms with van der Waals surface area (Å²) in [5.41, 5.74) is 1.17. The van der Waals surface area contributed by atoms with E-state index in [1.54, 1.807) is 43.5 Å². The number of benzene rings is 2. The Hall–Kier alpha value is -2.54. The molecule has 0 radical (unpaired) electrons. The molecule has 7 heteroatoms. The Morgan fingerprint density at radius 2 is 1.88 bits per heavy atom. The number of hydrogen-bond donors (Lipinski definition) is 1. The van der Waals surface area contributed by atoms with Crippen molar-refractivity contribution in [3.8, 4) is 11.5 Å². The summed E-state index contributed by atoms with van der Waals surface area (Å²) in [4.78, 5) is 26.3. The fourth-order valence-corrected chi connectivity index (χ4v) is 3.20. The monoisotopic (exact) mass is 404 g/mol. The van der Waals surface area contributed by atoms with Gasteiger partial charge in [-0.05, 0) is 40.2 Å². The van der Waals surface area contributed by atoms with Crippen molar-refractivity contribution in [3.63, 3.8) is 0 Å². The van der Waals surface area contributed by atoms with Gasteiger partial charge in [-0.15, -0.1) is 0 Å². The van der Waals surface area contributed by atoms with Crippen LogP contribution in [0.15, 0.2) is 46.9 Å². The van der Waals surface area contributed by atoms with Crippen LogP contribution in [0.1, 0.15) is 6.42 Å². The van der Waals surface area contributed by atoms with Gasteiger partial charge in [0.25, 0.3) is 5.91 Å². The van der Waals surface area contributed by atoms with Crippen molar-refractivity contribution in [1.29, 1.82) is 0 Å². The van der Waals surface area contributed by atoms with E-state index in [4.69, 9.17) is 9.47 Å². The molecule has 0 spiro atoms. The van der Waals surface area contributed by atoms with Crippen molar-refractivity contribution >= 4 is 39.1 Å². The molecule has 1 fully saturated rings. The predicted molar refractivity (Wildman–Crippen MR) is 98.2 cm³/mol. The van der Waals surface area contributed by atoms with Crippen molar-refractivity contribution in [1.82, 2.24) is 0 Å². The number of rotatable bonds is 5. The molecule has 1 atom stereocenters. The first-order chi connectivity index (χ1) is 12.0. The number of ether oxygens (including phenoxy) is 2. The van der Waals surface area contributed by atoms with Gasteiger partial charge in [-0.25, -0.2) is 4.90 Å². The largest absolute Gasteiger partial charge is 0.497 e. The van der Waals surface area contributed by atoms with Crippen LogP contribution in [0.3, 0.4) is 0 Å². The van der Waals surface area contributed by atoms with E-state index in [2.05, 4.69) is 21.2 Å². The van der Waals surface area contributed by atoms with Gasteiger partial charge in [0.15, 0.2) is 0 Å². The Balaban J connectivity index is 1.85. The summed E-state index contributed by atoms with van der Waals surface area (Å²) in [7, 11) is 3.10. The summed E-state index contributed by atoms with van der Waals surface area (Å²) < 4.78 is 11.2. The molecule has 1 aliphatic heterocycles. The minimum atomic E-state index is -0.651. The van der Waals surface area contributed by atoms with Gasteiger partial charge in [0.1, 0.15) is 17.5 Å². The second kappa shape index (κ2) is 7.14. The zero-order valence-corrected chi connectivity index (χ0v) is 15.4. The van der Waals surface area contributed by atoms with Gasteiger partial charge in [0.05, 0.1) is 32.0 Å². The highest BCUT2D eigenvalue weighted by molar-refractivity contribution is 9.10. The van der Waals surface area contributed by atoms with Gasteiger partial charge in [0, 0.05) is 10.5 Å². The second-order valence-electron chi connectivity index (χ2n) is 5.49. The molecule has 6 nitrogen and oxygen atoms in total. The predicted octanol–water partition coefficient (Wildman–Crippen LogP) is 3.21. The van der Waals surface area contributed by atoms with E-state index in [0.717, 1.165) is 0 Å². The van der Waals surface area contributed by atoms with E-state index in [-0.39, 0.29) is 18.2 Å². The van der Waals surface area contributed by atoms with Crippen molar-refractivity contribution in [2.45, 2.75) is 12.5 Å². The van der Waals surface area contributed by atoms with E-state index in [1.807, 2.05) is 6.07 Å². The minimum absolute atomic E-state index is 0.0787. The average Bonchev–Trinajstić information content (AvgIpc) is 2.89. The highest BCUT2D eigenvalue weighted by Crippen LogP contribution is 2.34. The van der Waals surface area contributed by atoms with Gasteiger partial charge in [-0.1, -0.05) is 12.1 Å². The third kappa shape index (κ3) is 3.32. The van der Waals surface area contributed by atoms with Crippen LogP contribution in [0.25, 0.3) is 0 Å². The van der Waals surface area contributed by atoms with E-state index in [9.17, 15) is 9.59 Å². The van der Waals surface area contributed by atoms with Gasteiger partial charge in [0.2, 0.25) is 5.91 Å². The first-order valence-electron chi connectivity index (χ1n) is 7.65. The fourth-order valence-electron chi connectivity index (χ4n) is 2.74. The summed E-state index contributed by atoms with van der Waals surface area (Å²) >= 11 is 3.39. The molecule has 130 valence electrons. The van der Waals surface area contributed by atoms with Crippen molar-refractivity contribution in [2.24, 2.45) is 0 Å². The fraction of sp³-hybridized carbons (Fsp3) is 0.222. The summed E-state index contributed by atoms with van der Waals surface area (Å²) in [5, 5.41) is 3.10. The Morgan fingerprint density at radius 3 is 2.56 bits per heavy atom. The van der Waals surface area contributed by atoms with Crippen molar-refractivity contribution in [2.75, 3.05) is 24.4 Å². The minimum Gasteiger partial charge on any atom is -0.497 e. The number of imide groups is 1. The van der Waals surface area contributed by atoms with Crippen LogP contribution in [-0.4, -0.2) is 32.1 Å². The molecular weight excluding hydrogens is 388 g/mol. The number of halogens is 1. The molecule has 2 aromatic rings. The molecule has 3 rings (SSSR count). The van der Waals surface area contributed by atoms with Crippen LogP contribution in [-0.2, 0) is 9.59 Å². The van der Waals surface area contributed by atoms with Gasteiger partial charge in [-0.3, -0.25) is 9.59 Å². The highest BCUT2D eigenvalue weighted by Gasteiger charge is 2.40. The quantitative estimate of drug-likeness (QED) is 0.774. The van der Waals surface area contributed by atoms with Gasteiger partial charge in [-0.2, -0.15) is 0 Å². The summed E-state index contributed by atoms with van der Waals surface area (Å²) in [5.74, 6) is 0.640. The summed E-state index contributed by atoms with van der Waals surface area (Å²) in [6.45, 7) is 0. The van der Waals surface area contributed by atoms with E-state index in [1.165, 1.54) is 12.0 Å². The van der Waals surface area contributed by atoms with Crippen LogP contribution in [0.5, 0.6) is 11.5 Å². The van der Waals surface area contributed by atoms with Crippen molar-refractivity contribution in [3.05, 3.63) is 46.9 Å². The molecule has 1 N–H and O–H groups in total. The number of hydrogen-bond acceptors (Lipinski definition) is 5. The summed E-state index contributed by atoms with van der Waals surface area (Å²) in [6, 6.07) is 11.7. The number of methoxy groups -OCH3 is 2. The second-order valence-corrected chi connectivity index (χ2v) is 6.34. The highest BCUT2D eigenvalue weighted by atomic mass is 79.9. The number of carbonyl (C=O) groups is 2. The molecule has 1 heterocycles. The first kappa shape index (κ1) is 17.3. The number of amides is 2. The maximum absolute atomic E-state index is 12.8.